The zero-order valence-corrected chi connectivity index (χ0v) is 16.3. The highest BCUT2D eigenvalue weighted by atomic mass is 79.9. The van der Waals surface area contributed by atoms with Gasteiger partial charge in [-0.3, -0.25) is 4.79 Å². The number of carbonyl (C=O) groups excluding carboxylic acids is 1. The number of ketones is 1. The fourth-order valence-corrected chi connectivity index (χ4v) is 2.92. The number of alkyl halides is 9. The van der Waals surface area contributed by atoms with Gasteiger partial charge in [0, 0.05) is 16.5 Å². The maximum absolute atomic E-state index is 14.2. The third-order valence-electron chi connectivity index (χ3n) is 4.32. The molecule has 0 heterocycles. The molecule has 0 saturated heterocycles. The van der Waals surface area contributed by atoms with Crippen molar-refractivity contribution in [1.82, 2.24) is 0 Å². The standard InChI is InChI=1S/C19H12BrF9O/c20-13-8-6-12(7-9-13)15(30)14(11-4-2-1-3-5-11)10-16(21,22)17(23,24)18(25,26)19(27,28)29/h1-9,14H,10H2. The quantitative estimate of drug-likeness (QED) is 0.285. The predicted molar refractivity (Wildman–Crippen MR) is 93.2 cm³/mol. The molecule has 1 nitrogen and oxygen atoms in total. The van der Waals surface area contributed by atoms with Gasteiger partial charge in [0.05, 0.1) is 5.92 Å². The Hall–Kier alpha value is -2.04. The van der Waals surface area contributed by atoms with Crippen LogP contribution in [0.1, 0.15) is 28.3 Å². The minimum atomic E-state index is -7.01. The van der Waals surface area contributed by atoms with Crippen molar-refractivity contribution in [3.63, 3.8) is 0 Å². The Morgan fingerprint density at radius 2 is 1.27 bits per heavy atom. The highest BCUT2D eigenvalue weighted by Gasteiger charge is 2.81. The van der Waals surface area contributed by atoms with E-state index in [-0.39, 0.29) is 11.1 Å². The van der Waals surface area contributed by atoms with Crippen molar-refractivity contribution in [3.8, 4) is 0 Å². The van der Waals surface area contributed by atoms with E-state index in [1.807, 2.05) is 0 Å². The molecule has 0 aliphatic carbocycles. The summed E-state index contributed by atoms with van der Waals surface area (Å²) in [6.45, 7) is 0. The first-order valence-electron chi connectivity index (χ1n) is 8.17. The molecule has 164 valence electrons. The summed E-state index contributed by atoms with van der Waals surface area (Å²) >= 11 is 3.07. The molecule has 0 aliphatic rings. The minimum Gasteiger partial charge on any atom is -0.293 e. The van der Waals surface area contributed by atoms with Crippen LogP contribution in [0.5, 0.6) is 0 Å². The molecule has 30 heavy (non-hydrogen) atoms. The molecule has 0 fully saturated rings. The van der Waals surface area contributed by atoms with Crippen molar-refractivity contribution in [2.75, 3.05) is 0 Å². The van der Waals surface area contributed by atoms with Crippen molar-refractivity contribution in [2.24, 2.45) is 0 Å². The predicted octanol–water partition coefficient (Wildman–Crippen LogP) is 7.27. The van der Waals surface area contributed by atoms with Gasteiger partial charge in [-0.25, -0.2) is 0 Å². The summed E-state index contributed by atoms with van der Waals surface area (Å²) in [7, 11) is 0. The molecule has 0 amide bonds. The fourth-order valence-electron chi connectivity index (χ4n) is 2.65. The number of hydrogen-bond donors (Lipinski definition) is 0. The van der Waals surface area contributed by atoms with Crippen molar-refractivity contribution >= 4 is 21.7 Å². The summed E-state index contributed by atoms with van der Waals surface area (Å²) in [6.07, 6.45) is -9.18. The van der Waals surface area contributed by atoms with E-state index in [2.05, 4.69) is 15.9 Å². The zero-order valence-electron chi connectivity index (χ0n) is 14.7. The van der Waals surface area contributed by atoms with Crippen LogP contribution >= 0.6 is 15.9 Å². The van der Waals surface area contributed by atoms with Gasteiger partial charge >= 0.3 is 23.9 Å². The van der Waals surface area contributed by atoms with Crippen molar-refractivity contribution in [3.05, 3.63) is 70.2 Å². The van der Waals surface area contributed by atoms with Crippen LogP contribution in [0.25, 0.3) is 0 Å². The van der Waals surface area contributed by atoms with E-state index >= 15 is 0 Å². The van der Waals surface area contributed by atoms with E-state index in [4.69, 9.17) is 0 Å². The second-order valence-electron chi connectivity index (χ2n) is 6.39. The van der Waals surface area contributed by atoms with Gasteiger partial charge in [0.2, 0.25) is 0 Å². The monoisotopic (exact) mass is 506 g/mol. The lowest BCUT2D eigenvalue weighted by Gasteiger charge is -2.35. The largest absolute Gasteiger partial charge is 0.460 e. The molecular formula is C19H12BrF9O. The molecule has 0 N–H and O–H groups in total. The van der Waals surface area contributed by atoms with Crippen molar-refractivity contribution in [1.29, 1.82) is 0 Å². The SMILES string of the molecule is O=C(c1ccc(Br)cc1)C(CC(F)(F)C(F)(F)C(F)(F)C(F)(F)F)c1ccccc1. The van der Waals surface area contributed by atoms with Gasteiger partial charge in [-0.1, -0.05) is 58.4 Å². The van der Waals surface area contributed by atoms with Gasteiger partial charge in [0.25, 0.3) is 0 Å². The second-order valence-corrected chi connectivity index (χ2v) is 7.31. The summed E-state index contributed by atoms with van der Waals surface area (Å²) in [5, 5.41) is 0. The first-order valence-corrected chi connectivity index (χ1v) is 8.96. The third-order valence-corrected chi connectivity index (χ3v) is 4.85. The second kappa shape index (κ2) is 8.24. The highest BCUT2D eigenvalue weighted by Crippen LogP contribution is 2.55. The van der Waals surface area contributed by atoms with E-state index in [0.717, 1.165) is 12.1 Å². The van der Waals surface area contributed by atoms with E-state index in [9.17, 15) is 44.3 Å². The average molecular weight is 507 g/mol. The Morgan fingerprint density at radius 1 is 0.767 bits per heavy atom. The molecule has 2 aromatic carbocycles. The summed E-state index contributed by atoms with van der Waals surface area (Å²) in [5.74, 6) is -22.9. The normalized spacial score (nSPS) is 14.5. The van der Waals surface area contributed by atoms with E-state index < -0.39 is 42.1 Å². The molecule has 0 spiro atoms. The molecule has 0 saturated carbocycles. The lowest BCUT2D eigenvalue weighted by molar-refractivity contribution is -0.396. The van der Waals surface area contributed by atoms with E-state index in [0.29, 0.717) is 4.47 Å². The van der Waals surface area contributed by atoms with Crippen LogP contribution < -0.4 is 0 Å². The van der Waals surface area contributed by atoms with Gasteiger partial charge in [0.1, 0.15) is 0 Å². The smallest absolute Gasteiger partial charge is 0.293 e. The number of hydrogen-bond acceptors (Lipinski definition) is 1. The lowest BCUT2D eigenvalue weighted by atomic mass is 9.83. The van der Waals surface area contributed by atoms with Gasteiger partial charge in [-0.2, -0.15) is 39.5 Å². The zero-order chi connectivity index (χ0) is 23.0. The summed E-state index contributed by atoms with van der Waals surface area (Å²) in [6, 6.07) is 11.2. The molecular weight excluding hydrogens is 495 g/mol. The van der Waals surface area contributed by atoms with Gasteiger partial charge < -0.3 is 0 Å². The molecule has 1 unspecified atom stereocenters. The van der Waals surface area contributed by atoms with Crippen LogP contribution in [0.2, 0.25) is 0 Å². The molecule has 2 rings (SSSR count). The number of carbonyl (C=O) groups is 1. The minimum absolute atomic E-state index is 0.214. The maximum Gasteiger partial charge on any atom is 0.460 e. The van der Waals surface area contributed by atoms with Crippen molar-refractivity contribution < 1.29 is 44.3 Å². The van der Waals surface area contributed by atoms with Crippen LogP contribution in [0.4, 0.5) is 39.5 Å². The molecule has 11 heteroatoms. The van der Waals surface area contributed by atoms with Gasteiger partial charge in [-0.05, 0) is 17.7 Å². The third kappa shape index (κ3) is 4.50. The van der Waals surface area contributed by atoms with Gasteiger partial charge in [0.15, 0.2) is 5.78 Å². The van der Waals surface area contributed by atoms with Crippen LogP contribution in [0.3, 0.4) is 0 Å². The number of Topliss-reactive ketones (excluding diaryl/α,β-unsaturated/α-hetero) is 1. The highest BCUT2D eigenvalue weighted by molar-refractivity contribution is 9.10. The number of rotatable bonds is 7. The Balaban J connectivity index is 2.50. The molecule has 1 atom stereocenters. The van der Waals surface area contributed by atoms with Crippen LogP contribution in [-0.2, 0) is 0 Å². The van der Waals surface area contributed by atoms with E-state index in [1.165, 1.54) is 42.5 Å². The Labute approximate surface area is 173 Å². The average Bonchev–Trinajstić information content (AvgIpc) is 2.65. The summed E-state index contributed by atoms with van der Waals surface area (Å²) in [5.41, 5.74) is -0.454. The first kappa shape index (κ1) is 24.2. The van der Waals surface area contributed by atoms with Crippen LogP contribution in [-0.4, -0.2) is 29.7 Å². The summed E-state index contributed by atoms with van der Waals surface area (Å²) in [4.78, 5) is 12.7. The Kier molecular flexibility index (Phi) is 6.65. The van der Waals surface area contributed by atoms with Crippen LogP contribution in [0, 0.1) is 0 Å². The summed E-state index contributed by atoms with van der Waals surface area (Å²) < 4.78 is 120. The Bertz CT molecular complexity index is 877. The molecule has 0 radical (unpaired) electrons. The lowest BCUT2D eigenvalue weighted by Crippen LogP contribution is -2.61. The molecule has 0 aromatic heterocycles. The maximum atomic E-state index is 14.2. The number of halogens is 10. The molecule has 0 aliphatic heterocycles. The van der Waals surface area contributed by atoms with Crippen LogP contribution in [0.15, 0.2) is 59.1 Å². The topological polar surface area (TPSA) is 17.1 Å². The van der Waals surface area contributed by atoms with Crippen molar-refractivity contribution in [2.45, 2.75) is 36.3 Å². The van der Waals surface area contributed by atoms with E-state index in [1.54, 1.807) is 0 Å². The molecule has 2 aromatic rings. The van der Waals surface area contributed by atoms with Gasteiger partial charge in [-0.15, -0.1) is 0 Å². The Morgan fingerprint density at radius 3 is 1.73 bits per heavy atom. The fraction of sp³-hybridized carbons (Fsp3) is 0.316. The molecule has 0 bridgehead atoms. The first-order chi connectivity index (χ1) is 13.6. The number of benzene rings is 2.